The Kier molecular flexibility index (Phi) is 7.82. The Hall–Kier alpha value is -1.14. The van der Waals surface area contributed by atoms with Gasteiger partial charge < -0.3 is 19.9 Å². The fourth-order valence-electron chi connectivity index (χ4n) is 3.20. The number of nitrogens with zero attached hydrogens (tertiary/aromatic N) is 2. The molecule has 6 heteroatoms. The maximum absolute atomic E-state index is 12.1. The Morgan fingerprint density at radius 3 is 2.52 bits per heavy atom. The number of rotatable bonds is 6. The molecule has 0 spiro atoms. The topological polar surface area (TPSA) is 61.9 Å². The first kappa shape index (κ1) is 18.2. The average molecular weight is 325 g/mol. The zero-order valence-corrected chi connectivity index (χ0v) is 14.4. The predicted molar refractivity (Wildman–Crippen MR) is 89.1 cm³/mol. The number of carbonyl (C=O) groups excluding carboxylic acids is 2. The Bertz CT molecular complexity index is 381. The predicted octanol–water partition coefficient (Wildman–Crippen LogP) is 1.01. The van der Waals surface area contributed by atoms with Crippen LogP contribution in [0.4, 0.5) is 0 Å². The summed E-state index contributed by atoms with van der Waals surface area (Å²) in [6, 6.07) is 0. The Morgan fingerprint density at radius 2 is 1.83 bits per heavy atom. The highest BCUT2D eigenvalue weighted by atomic mass is 16.5. The van der Waals surface area contributed by atoms with Gasteiger partial charge in [-0.05, 0) is 26.3 Å². The third-order valence-corrected chi connectivity index (χ3v) is 4.66. The first-order valence-electron chi connectivity index (χ1n) is 9.00. The van der Waals surface area contributed by atoms with Crippen molar-refractivity contribution in [3.05, 3.63) is 0 Å². The van der Waals surface area contributed by atoms with Crippen molar-refractivity contribution in [2.75, 3.05) is 46.4 Å². The monoisotopic (exact) mass is 325 g/mol. The summed E-state index contributed by atoms with van der Waals surface area (Å²) in [6.07, 6.45) is 6.26. The van der Waals surface area contributed by atoms with Gasteiger partial charge in [0, 0.05) is 45.6 Å². The van der Waals surface area contributed by atoms with Crippen molar-refractivity contribution < 1.29 is 14.3 Å². The van der Waals surface area contributed by atoms with Gasteiger partial charge in [-0.3, -0.25) is 9.59 Å². The maximum atomic E-state index is 12.1. The molecule has 0 aromatic carbocycles. The third-order valence-electron chi connectivity index (χ3n) is 4.66. The Balaban J connectivity index is 1.56. The molecule has 0 saturated carbocycles. The van der Waals surface area contributed by atoms with E-state index in [0.29, 0.717) is 19.4 Å². The molecular formula is C17H31N3O3. The normalized spacial score (nSPS) is 23.3. The molecule has 2 saturated heterocycles. The van der Waals surface area contributed by atoms with Crippen molar-refractivity contribution in [1.29, 1.82) is 0 Å². The first-order valence-corrected chi connectivity index (χ1v) is 9.00. The molecule has 1 N–H and O–H groups in total. The second-order valence-electron chi connectivity index (χ2n) is 6.69. The van der Waals surface area contributed by atoms with Gasteiger partial charge in [0.2, 0.25) is 11.8 Å². The van der Waals surface area contributed by atoms with Gasteiger partial charge in [0.15, 0.2) is 0 Å². The third kappa shape index (κ3) is 6.87. The highest BCUT2D eigenvalue weighted by Gasteiger charge is 2.18. The molecule has 0 radical (unpaired) electrons. The molecule has 2 aliphatic heterocycles. The molecule has 0 aromatic heterocycles. The summed E-state index contributed by atoms with van der Waals surface area (Å²) in [5.74, 6) is 0.0941. The van der Waals surface area contributed by atoms with Crippen LogP contribution in [0.3, 0.4) is 0 Å². The van der Waals surface area contributed by atoms with E-state index in [9.17, 15) is 9.59 Å². The number of likely N-dealkylation sites (N-methyl/N-ethyl adjacent to an activating group) is 1. The lowest BCUT2D eigenvalue weighted by molar-refractivity contribution is -0.133. The van der Waals surface area contributed by atoms with E-state index in [-0.39, 0.29) is 17.9 Å². The number of carbonyl (C=O) groups is 2. The van der Waals surface area contributed by atoms with Crippen molar-refractivity contribution in [3.63, 3.8) is 0 Å². The molecule has 2 aliphatic rings. The summed E-state index contributed by atoms with van der Waals surface area (Å²) in [7, 11) is 2.09. The highest BCUT2D eigenvalue weighted by Crippen LogP contribution is 2.11. The number of nitrogens with one attached hydrogen (secondary N) is 1. The van der Waals surface area contributed by atoms with Gasteiger partial charge >= 0.3 is 0 Å². The summed E-state index contributed by atoms with van der Waals surface area (Å²) >= 11 is 0. The van der Waals surface area contributed by atoms with E-state index in [1.807, 2.05) is 4.90 Å². The summed E-state index contributed by atoms with van der Waals surface area (Å²) in [5.41, 5.74) is 0. The number of amides is 2. The van der Waals surface area contributed by atoms with E-state index in [2.05, 4.69) is 17.3 Å². The standard InChI is InChI=1S/C17H31N3O3/c1-19-12-13-23-15(14-19)8-9-18-16(21)6-7-17(22)20-10-4-2-3-5-11-20/h15H,2-14H2,1H3,(H,18,21)/t15-/m1/s1. The van der Waals surface area contributed by atoms with Crippen molar-refractivity contribution in [3.8, 4) is 0 Å². The van der Waals surface area contributed by atoms with E-state index in [4.69, 9.17) is 4.74 Å². The number of hydrogen-bond donors (Lipinski definition) is 1. The fraction of sp³-hybridized carbons (Fsp3) is 0.882. The lowest BCUT2D eigenvalue weighted by atomic mass is 10.2. The first-order chi connectivity index (χ1) is 11.1. The fourth-order valence-corrected chi connectivity index (χ4v) is 3.20. The molecule has 0 unspecified atom stereocenters. The molecule has 132 valence electrons. The van der Waals surface area contributed by atoms with Gasteiger partial charge in [-0.25, -0.2) is 0 Å². The van der Waals surface area contributed by atoms with Crippen LogP contribution in [0.5, 0.6) is 0 Å². The van der Waals surface area contributed by atoms with Crippen LogP contribution >= 0.6 is 0 Å². The molecule has 0 bridgehead atoms. The molecule has 2 rings (SSSR count). The quantitative estimate of drug-likeness (QED) is 0.792. The van der Waals surface area contributed by atoms with Crippen LogP contribution in [-0.4, -0.2) is 74.1 Å². The molecule has 2 heterocycles. The molecular weight excluding hydrogens is 294 g/mol. The van der Waals surface area contributed by atoms with E-state index in [0.717, 1.165) is 52.0 Å². The second-order valence-corrected chi connectivity index (χ2v) is 6.69. The molecule has 2 fully saturated rings. The van der Waals surface area contributed by atoms with E-state index in [1.165, 1.54) is 12.8 Å². The van der Waals surface area contributed by atoms with Crippen molar-refractivity contribution in [2.24, 2.45) is 0 Å². The smallest absolute Gasteiger partial charge is 0.223 e. The minimum atomic E-state index is -0.0302. The minimum Gasteiger partial charge on any atom is -0.375 e. The van der Waals surface area contributed by atoms with Crippen molar-refractivity contribution in [2.45, 2.75) is 51.0 Å². The molecule has 23 heavy (non-hydrogen) atoms. The summed E-state index contributed by atoms with van der Waals surface area (Å²) < 4.78 is 5.67. The lowest BCUT2D eigenvalue weighted by Crippen LogP contribution is -2.41. The SMILES string of the molecule is CN1CCO[C@H](CCNC(=O)CCC(=O)N2CCCCCC2)C1. The number of ether oxygens (including phenoxy) is 1. The Labute approximate surface area is 139 Å². The van der Waals surface area contributed by atoms with Crippen LogP contribution < -0.4 is 5.32 Å². The molecule has 0 aromatic rings. The van der Waals surface area contributed by atoms with Gasteiger partial charge in [0.25, 0.3) is 0 Å². The largest absolute Gasteiger partial charge is 0.375 e. The summed E-state index contributed by atoms with van der Waals surface area (Å²) in [6.45, 7) is 4.99. The van der Waals surface area contributed by atoms with Gasteiger partial charge in [0.05, 0.1) is 12.7 Å². The van der Waals surface area contributed by atoms with Crippen LogP contribution in [0.1, 0.15) is 44.9 Å². The van der Waals surface area contributed by atoms with Crippen LogP contribution in [-0.2, 0) is 14.3 Å². The van der Waals surface area contributed by atoms with Gasteiger partial charge in [-0.1, -0.05) is 12.8 Å². The lowest BCUT2D eigenvalue weighted by Gasteiger charge is -2.30. The van der Waals surface area contributed by atoms with E-state index >= 15 is 0 Å². The number of likely N-dealkylation sites (tertiary alicyclic amines) is 1. The van der Waals surface area contributed by atoms with Gasteiger partial charge in [-0.2, -0.15) is 0 Å². The summed E-state index contributed by atoms with van der Waals surface area (Å²) in [5, 5.41) is 2.91. The van der Waals surface area contributed by atoms with Gasteiger partial charge in [0.1, 0.15) is 0 Å². The van der Waals surface area contributed by atoms with Crippen molar-refractivity contribution in [1.82, 2.24) is 15.1 Å². The van der Waals surface area contributed by atoms with Crippen molar-refractivity contribution >= 4 is 11.8 Å². The van der Waals surface area contributed by atoms with Gasteiger partial charge in [-0.15, -0.1) is 0 Å². The summed E-state index contributed by atoms with van der Waals surface area (Å²) in [4.78, 5) is 28.2. The van der Waals surface area contributed by atoms with Crippen LogP contribution in [0.15, 0.2) is 0 Å². The highest BCUT2D eigenvalue weighted by molar-refractivity contribution is 5.83. The zero-order chi connectivity index (χ0) is 16.5. The molecule has 1 atom stereocenters. The van der Waals surface area contributed by atoms with Crippen LogP contribution in [0.2, 0.25) is 0 Å². The average Bonchev–Trinajstić information content (AvgIpc) is 2.82. The molecule has 0 aliphatic carbocycles. The van der Waals surface area contributed by atoms with E-state index < -0.39 is 0 Å². The van der Waals surface area contributed by atoms with Crippen LogP contribution in [0, 0.1) is 0 Å². The Morgan fingerprint density at radius 1 is 1.09 bits per heavy atom. The second kappa shape index (κ2) is 9.88. The van der Waals surface area contributed by atoms with E-state index in [1.54, 1.807) is 0 Å². The van der Waals surface area contributed by atoms with Crippen LogP contribution in [0.25, 0.3) is 0 Å². The maximum Gasteiger partial charge on any atom is 0.223 e. The number of hydrogen-bond acceptors (Lipinski definition) is 4. The molecule has 6 nitrogen and oxygen atoms in total. The zero-order valence-electron chi connectivity index (χ0n) is 14.4. The number of morpholine rings is 1. The minimum absolute atomic E-state index is 0.0302. The molecule has 2 amide bonds.